The number of amides is 1. The van der Waals surface area contributed by atoms with Gasteiger partial charge in [-0.1, -0.05) is 6.07 Å². The lowest BCUT2D eigenvalue weighted by molar-refractivity contribution is -0.137. The molecule has 5 heterocycles. The number of hydrogen-bond donors (Lipinski definition) is 1. The molecular formula is C26H32F3N5O. The van der Waals surface area contributed by atoms with Gasteiger partial charge >= 0.3 is 6.18 Å². The minimum absolute atomic E-state index is 0.261. The molecule has 9 heteroatoms. The van der Waals surface area contributed by atoms with E-state index in [2.05, 4.69) is 31.1 Å². The Labute approximate surface area is 204 Å². The molecule has 4 aliphatic heterocycles. The second kappa shape index (κ2) is 10.1. The third-order valence-corrected chi connectivity index (χ3v) is 7.82. The highest BCUT2D eigenvalue weighted by atomic mass is 19.4. The van der Waals surface area contributed by atoms with Crippen molar-refractivity contribution in [2.24, 2.45) is 11.8 Å². The van der Waals surface area contributed by atoms with Crippen LogP contribution in [-0.4, -0.2) is 79.1 Å². The van der Waals surface area contributed by atoms with Crippen molar-refractivity contribution in [1.29, 1.82) is 0 Å². The quantitative estimate of drug-likeness (QED) is 0.677. The van der Waals surface area contributed by atoms with E-state index in [1.54, 1.807) is 0 Å². The standard InChI is InChI=1S/C26H32F3N5O/c27-26(28,29)22-6-4-19(5-7-22)25(35)31-16-23-15-20-8-10-34(23)18-21(20)17-32-11-13-33(14-12-32)24-3-1-2-9-30-24/h1-7,9,20-21,23H,8,10-18H2,(H,31,35). The van der Waals surface area contributed by atoms with Crippen molar-refractivity contribution in [2.75, 3.05) is 57.3 Å². The largest absolute Gasteiger partial charge is 0.416 e. The summed E-state index contributed by atoms with van der Waals surface area (Å²) < 4.78 is 38.3. The number of benzene rings is 1. The lowest BCUT2D eigenvalue weighted by Crippen LogP contribution is -2.59. The number of aromatic nitrogens is 1. The Hall–Kier alpha value is -2.65. The van der Waals surface area contributed by atoms with Gasteiger partial charge in [0.1, 0.15) is 5.82 Å². The van der Waals surface area contributed by atoms with Crippen LogP contribution in [0.1, 0.15) is 28.8 Å². The van der Waals surface area contributed by atoms with Gasteiger partial charge in [-0.2, -0.15) is 13.2 Å². The zero-order chi connectivity index (χ0) is 24.4. The van der Waals surface area contributed by atoms with Crippen molar-refractivity contribution < 1.29 is 18.0 Å². The number of piperidine rings is 3. The molecule has 4 aliphatic rings. The molecule has 0 aliphatic carbocycles. The van der Waals surface area contributed by atoms with E-state index in [9.17, 15) is 18.0 Å². The smallest absolute Gasteiger partial charge is 0.354 e. The molecule has 4 unspecified atom stereocenters. The Morgan fingerprint density at radius 2 is 1.80 bits per heavy atom. The predicted octanol–water partition coefficient (Wildman–Crippen LogP) is 3.36. The minimum atomic E-state index is -4.40. The van der Waals surface area contributed by atoms with E-state index in [0.29, 0.717) is 24.4 Å². The lowest BCUT2D eigenvalue weighted by Gasteiger charge is -2.51. The van der Waals surface area contributed by atoms with Crippen LogP contribution >= 0.6 is 0 Å². The average Bonchev–Trinajstić information content (AvgIpc) is 2.88. The number of fused-ring (bicyclic) bond motifs is 3. The predicted molar refractivity (Wildman–Crippen MR) is 128 cm³/mol. The van der Waals surface area contributed by atoms with E-state index in [4.69, 9.17) is 0 Å². The van der Waals surface area contributed by atoms with Crippen LogP contribution < -0.4 is 10.2 Å². The summed E-state index contributed by atoms with van der Waals surface area (Å²) in [5, 5.41) is 2.94. The van der Waals surface area contributed by atoms with Crippen LogP contribution in [0.4, 0.5) is 19.0 Å². The highest BCUT2D eigenvalue weighted by molar-refractivity contribution is 5.94. The fraction of sp³-hybridized carbons (Fsp3) is 0.538. The van der Waals surface area contributed by atoms with Gasteiger partial charge in [0.15, 0.2) is 0 Å². The van der Waals surface area contributed by atoms with E-state index < -0.39 is 11.7 Å². The van der Waals surface area contributed by atoms with Crippen LogP contribution in [0.3, 0.4) is 0 Å². The van der Waals surface area contributed by atoms with Gasteiger partial charge in [-0.3, -0.25) is 14.6 Å². The number of anilines is 1. The highest BCUT2D eigenvalue weighted by Gasteiger charge is 2.40. The van der Waals surface area contributed by atoms with Gasteiger partial charge < -0.3 is 10.2 Å². The van der Waals surface area contributed by atoms with Crippen molar-refractivity contribution in [3.8, 4) is 0 Å². The molecule has 6 nitrogen and oxygen atoms in total. The summed E-state index contributed by atoms with van der Waals surface area (Å²) in [4.78, 5) is 24.4. The summed E-state index contributed by atoms with van der Waals surface area (Å²) in [6.45, 7) is 7.83. The summed E-state index contributed by atoms with van der Waals surface area (Å²) in [5.41, 5.74) is -0.481. The Morgan fingerprint density at radius 1 is 1.03 bits per heavy atom. The van der Waals surface area contributed by atoms with Gasteiger partial charge in [-0.15, -0.1) is 0 Å². The third-order valence-electron chi connectivity index (χ3n) is 7.82. The first kappa shape index (κ1) is 24.1. The van der Waals surface area contributed by atoms with Crippen molar-refractivity contribution in [3.63, 3.8) is 0 Å². The van der Waals surface area contributed by atoms with Gasteiger partial charge in [0, 0.05) is 63.6 Å². The number of nitrogens with zero attached hydrogens (tertiary/aromatic N) is 4. The molecule has 0 spiro atoms. The minimum Gasteiger partial charge on any atom is -0.354 e. The van der Waals surface area contributed by atoms with Crippen LogP contribution in [0.15, 0.2) is 48.7 Å². The Kier molecular flexibility index (Phi) is 6.98. The molecule has 0 radical (unpaired) electrons. The van der Waals surface area contributed by atoms with E-state index in [1.165, 1.54) is 18.6 Å². The van der Waals surface area contributed by atoms with E-state index >= 15 is 0 Å². The summed E-state index contributed by atoms with van der Waals surface area (Å²) in [6.07, 6.45) is -0.294. The first-order chi connectivity index (χ1) is 16.9. The van der Waals surface area contributed by atoms with Crippen LogP contribution in [0.2, 0.25) is 0 Å². The fourth-order valence-corrected chi connectivity index (χ4v) is 5.82. The molecular weight excluding hydrogens is 455 g/mol. The molecule has 188 valence electrons. The molecule has 1 aromatic carbocycles. The number of rotatable bonds is 6. The summed E-state index contributed by atoms with van der Waals surface area (Å²) in [6, 6.07) is 10.8. The monoisotopic (exact) mass is 487 g/mol. The molecule has 4 atom stereocenters. The van der Waals surface area contributed by atoms with Gasteiger partial charge in [0.05, 0.1) is 5.56 Å². The maximum atomic E-state index is 12.8. The fourth-order valence-electron chi connectivity index (χ4n) is 5.82. The first-order valence-corrected chi connectivity index (χ1v) is 12.4. The normalized spacial score (nSPS) is 27.1. The molecule has 6 rings (SSSR count). The molecule has 2 bridgehead atoms. The van der Waals surface area contributed by atoms with Crippen molar-refractivity contribution in [2.45, 2.75) is 25.1 Å². The molecule has 1 N–H and O–H groups in total. The average molecular weight is 488 g/mol. The number of hydrogen-bond acceptors (Lipinski definition) is 5. The molecule has 4 saturated heterocycles. The summed E-state index contributed by atoms with van der Waals surface area (Å²) in [7, 11) is 0. The number of pyridine rings is 1. The Morgan fingerprint density at radius 3 is 2.43 bits per heavy atom. The maximum Gasteiger partial charge on any atom is 0.416 e. The summed E-state index contributed by atoms with van der Waals surface area (Å²) in [5.74, 6) is 2.04. The van der Waals surface area contributed by atoms with Gasteiger partial charge in [-0.25, -0.2) is 4.98 Å². The molecule has 1 aromatic heterocycles. The van der Waals surface area contributed by atoms with Crippen LogP contribution in [-0.2, 0) is 6.18 Å². The number of carbonyl (C=O) groups is 1. The van der Waals surface area contributed by atoms with Gasteiger partial charge in [0.2, 0.25) is 0 Å². The second-order valence-corrected chi connectivity index (χ2v) is 9.95. The number of halogens is 3. The van der Waals surface area contributed by atoms with Crippen LogP contribution in [0.5, 0.6) is 0 Å². The topological polar surface area (TPSA) is 51.7 Å². The molecule has 2 aromatic rings. The van der Waals surface area contributed by atoms with Gasteiger partial charge in [0.25, 0.3) is 5.91 Å². The molecule has 0 saturated carbocycles. The zero-order valence-electron chi connectivity index (χ0n) is 19.8. The van der Waals surface area contributed by atoms with E-state index in [-0.39, 0.29) is 11.5 Å². The zero-order valence-corrected chi connectivity index (χ0v) is 19.8. The van der Waals surface area contributed by atoms with E-state index in [0.717, 1.165) is 70.2 Å². The number of piperazine rings is 1. The Balaban J connectivity index is 1.08. The van der Waals surface area contributed by atoms with Crippen molar-refractivity contribution in [3.05, 3.63) is 59.8 Å². The van der Waals surface area contributed by atoms with E-state index in [1.807, 2.05) is 18.3 Å². The second-order valence-electron chi connectivity index (χ2n) is 9.95. The van der Waals surface area contributed by atoms with Crippen molar-refractivity contribution >= 4 is 11.7 Å². The van der Waals surface area contributed by atoms with Crippen molar-refractivity contribution in [1.82, 2.24) is 20.1 Å². The number of alkyl halides is 3. The maximum absolute atomic E-state index is 12.8. The Bertz CT molecular complexity index is 992. The highest BCUT2D eigenvalue weighted by Crippen LogP contribution is 2.36. The molecule has 35 heavy (non-hydrogen) atoms. The molecule has 4 fully saturated rings. The number of carbonyl (C=O) groups excluding carboxylic acids is 1. The van der Waals surface area contributed by atoms with Gasteiger partial charge in [-0.05, 0) is 67.6 Å². The number of nitrogens with one attached hydrogen (secondary N) is 1. The SMILES string of the molecule is O=C(NCC1CC2CCN1CC2CN1CCN(c2ccccn2)CC1)c1ccc(C(F)(F)F)cc1. The third kappa shape index (κ3) is 5.62. The first-order valence-electron chi connectivity index (χ1n) is 12.4. The lowest BCUT2D eigenvalue weighted by atomic mass is 9.75. The summed E-state index contributed by atoms with van der Waals surface area (Å²) >= 11 is 0. The molecule has 1 amide bonds. The van der Waals surface area contributed by atoms with Crippen LogP contribution in [0.25, 0.3) is 0 Å². The van der Waals surface area contributed by atoms with Crippen LogP contribution in [0, 0.1) is 11.8 Å².